The molecule has 8 nitrogen and oxygen atoms in total. The molecule has 0 bridgehead atoms. The van der Waals surface area contributed by atoms with Crippen molar-refractivity contribution in [3.8, 4) is 0 Å². The van der Waals surface area contributed by atoms with Crippen molar-refractivity contribution in [2.75, 3.05) is 17.0 Å². The van der Waals surface area contributed by atoms with Crippen molar-refractivity contribution >= 4 is 23.4 Å². The van der Waals surface area contributed by atoms with Gasteiger partial charge in [-0.2, -0.15) is 0 Å². The number of hydrogen-bond acceptors (Lipinski definition) is 8. The molecule has 0 aliphatic rings. The van der Waals surface area contributed by atoms with Crippen LogP contribution in [0.3, 0.4) is 0 Å². The van der Waals surface area contributed by atoms with Crippen molar-refractivity contribution in [3.63, 3.8) is 0 Å². The summed E-state index contributed by atoms with van der Waals surface area (Å²) in [6, 6.07) is 1.72. The zero-order valence-electron chi connectivity index (χ0n) is 11.0. The molecule has 4 N–H and O–H groups in total. The van der Waals surface area contributed by atoms with Crippen LogP contribution in [0.5, 0.6) is 0 Å². The van der Waals surface area contributed by atoms with Crippen molar-refractivity contribution in [1.29, 1.82) is 0 Å². The van der Waals surface area contributed by atoms with E-state index in [4.69, 9.17) is 5.84 Å². The predicted molar refractivity (Wildman–Crippen MR) is 74.7 cm³/mol. The van der Waals surface area contributed by atoms with Gasteiger partial charge in [0.25, 0.3) is 0 Å². The number of nitrogens with one attached hydrogen (secondary N) is 2. The van der Waals surface area contributed by atoms with Crippen molar-refractivity contribution < 1.29 is 0 Å². The van der Waals surface area contributed by atoms with Gasteiger partial charge in [-0.25, -0.2) is 15.8 Å². The molecule has 0 spiro atoms. The molecule has 9 heteroatoms. The lowest BCUT2D eigenvalue weighted by Crippen LogP contribution is -2.15. The Morgan fingerprint density at radius 2 is 2.11 bits per heavy atom. The second-order valence-electron chi connectivity index (χ2n) is 3.94. The van der Waals surface area contributed by atoms with Gasteiger partial charge in [0.15, 0.2) is 11.0 Å². The van der Waals surface area contributed by atoms with E-state index in [1.165, 1.54) is 11.8 Å². The van der Waals surface area contributed by atoms with Gasteiger partial charge in [-0.05, 0) is 13.2 Å². The molecule has 19 heavy (non-hydrogen) atoms. The fraction of sp³-hybridized carbons (Fsp3) is 0.400. The Morgan fingerprint density at radius 1 is 1.37 bits per heavy atom. The van der Waals surface area contributed by atoms with Gasteiger partial charge in [0, 0.05) is 13.1 Å². The molecule has 0 saturated heterocycles. The molecule has 0 aliphatic heterocycles. The SMILES string of the molecule is CSc1nc(NN)cc(NC(C)c2nncn2C)n1. The van der Waals surface area contributed by atoms with Crippen LogP contribution in [-0.2, 0) is 7.05 Å². The van der Waals surface area contributed by atoms with E-state index in [1.807, 2.05) is 24.8 Å². The van der Waals surface area contributed by atoms with Crippen LogP contribution < -0.4 is 16.6 Å². The summed E-state index contributed by atoms with van der Waals surface area (Å²) in [5.41, 5.74) is 2.52. The first-order valence-electron chi connectivity index (χ1n) is 5.64. The topological polar surface area (TPSA) is 107 Å². The van der Waals surface area contributed by atoms with E-state index < -0.39 is 0 Å². The monoisotopic (exact) mass is 280 g/mol. The summed E-state index contributed by atoms with van der Waals surface area (Å²) in [5.74, 6) is 7.46. The Balaban J connectivity index is 2.21. The molecule has 0 amide bonds. The van der Waals surface area contributed by atoms with Gasteiger partial charge in [-0.15, -0.1) is 10.2 Å². The van der Waals surface area contributed by atoms with Crippen LogP contribution in [0.2, 0.25) is 0 Å². The molecule has 2 rings (SSSR count). The Hall–Kier alpha value is -1.87. The van der Waals surface area contributed by atoms with E-state index >= 15 is 0 Å². The molecule has 2 heterocycles. The first kappa shape index (κ1) is 13.6. The van der Waals surface area contributed by atoms with Crippen LogP contribution in [0.1, 0.15) is 18.8 Å². The van der Waals surface area contributed by atoms with Crippen LogP contribution in [0.25, 0.3) is 0 Å². The van der Waals surface area contributed by atoms with Crippen molar-refractivity contribution in [2.45, 2.75) is 18.1 Å². The minimum Gasteiger partial charge on any atom is -0.360 e. The molecule has 102 valence electrons. The van der Waals surface area contributed by atoms with E-state index in [0.717, 1.165) is 5.82 Å². The van der Waals surface area contributed by atoms with E-state index in [-0.39, 0.29) is 6.04 Å². The molecule has 2 aromatic heterocycles. The van der Waals surface area contributed by atoms with Crippen LogP contribution in [0.15, 0.2) is 17.6 Å². The summed E-state index contributed by atoms with van der Waals surface area (Å²) in [4.78, 5) is 8.57. The van der Waals surface area contributed by atoms with Crippen LogP contribution >= 0.6 is 11.8 Å². The van der Waals surface area contributed by atoms with Crippen LogP contribution in [-0.4, -0.2) is 31.0 Å². The third kappa shape index (κ3) is 3.12. The molecule has 1 atom stereocenters. The van der Waals surface area contributed by atoms with E-state index in [9.17, 15) is 0 Å². The number of thioether (sulfide) groups is 1. The van der Waals surface area contributed by atoms with Gasteiger partial charge in [0.2, 0.25) is 0 Å². The van der Waals surface area contributed by atoms with Gasteiger partial charge in [0.05, 0.1) is 6.04 Å². The number of nitrogen functional groups attached to an aromatic ring is 1. The average Bonchev–Trinajstić information content (AvgIpc) is 2.84. The number of nitrogens with zero attached hydrogens (tertiary/aromatic N) is 5. The predicted octanol–water partition coefficient (Wildman–Crippen LogP) is 0.786. The van der Waals surface area contributed by atoms with Gasteiger partial charge >= 0.3 is 0 Å². The zero-order valence-corrected chi connectivity index (χ0v) is 11.8. The molecular formula is C10H16N8S. The van der Waals surface area contributed by atoms with E-state index in [0.29, 0.717) is 16.8 Å². The highest BCUT2D eigenvalue weighted by Crippen LogP contribution is 2.20. The second-order valence-corrected chi connectivity index (χ2v) is 4.71. The standard InChI is InChI=1S/C10H16N8S/c1-6(9-17-12-5-18(9)2)13-7-4-8(16-11)15-10(14-7)19-3/h4-6H,11H2,1-3H3,(H2,13,14,15,16). The first-order valence-corrected chi connectivity index (χ1v) is 6.86. The quantitative estimate of drug-likeness (QED) is 0.319. The minimum atomic E-state index is -0.0252. The normalized spacial score (nSPS) is 12.2. The smallest absolute Gasteiger partial charge is 0.191 e. The lowest BCUT2D eigenvalue weighted by Gasteiger charge is -2.14. The van der Waals surface area contributed by atoms with Crippen LogP contribution in [0.4, 0.5) is 11.6 Å². The summed E-state index contributed by atoms with van der Waals surface area (Å²) < 4.78 is 1.86. The number of nitrogens with two attached hydrogens (primary N) is 1. The fourth-order valence-corrected chi connectivity index (χ4v) is 2.01. The van der Waals surface area contributed by atoms with Crippen molar-refractivity contribution in [1.82, 2.24) is 24.7 Å². The summed E-state index contributed by atoms with van der Waals surface area (Å²) in [7, 11) is 1.90. The fourth-order valence-electron chi connectivity index (χ4n) is 1.63. The lowest BCUT2D eigenvalue weighted by atomic mass is 10.3. The number of hydrazine groups is 1. The van der Waals surface area contributed by atoms with E-state index in [1.54, 1.807) is 12.4 Å². The summed E-state index contributed by atoms with van der Waals surface area (Å²) in [5, 5.41) is 11.8. The third-order valence-electron chi connectivity index (χ3n) is 2.53. The zero-order chi connectivity index (χ0) is 13.8. The maximum atomic E-state index is 5.39. The molecular weight excluding hydrogens is 264 g/mol. The van der Waals surface area contributed by atoms with Gasteiger partial charge in [-0.3, -0.25) is 0 Å². The first-order chi connectivity index (χ1) is 9.13. The highest BCUT2D eigenvalue weighted by atomic mass is 32.2. The number of aryl methyl sites for hydroxylation is 1. The number of hydrogen-bond donors (Lipinski definition) is 3. The number of rotatable bonds is 5. The highest BCUT2D eigenvalue weighted by molar-refractivity contribution is 7.98. The average molecular weight is 280 g/mol. The summed E-state index contributed by atoms with van der Waals surface area (Å²) >= 11 is 1.45. The summed E-state index contributed by atoms with van der Waals surface area (Å²) in [6.07, 6.45) is 3.57. The number of anilines is 2. The van der Waals surface area contributed by atoms with Crippen LogP contribution in [0, 0.1) is 0 Å². The Bertz CT molecular complexity index is 532. The number of aromatic nitrogens is 5. The van der Waals surface area contributed by atoms with E-state index in [2.05, 4.69) is 30.9 Å². The lowest BCUT2D eigenvalue weighted by molar-refractivity contribution is 0.714. The molecule has 0 saturated carbocycles. The minimum absolute atomic E-state index is 0.0252. The maximum Gasteiger partial charge on any atom is 0.191 e. The Labute approximate surface area is 115 Å². The van der Waals surface area contributed by atoms with Crippen molar-refractivity contribution in [2.24, 2.45) is 12.9 Å². The molecule has 1 unspecified atom stereocenters. The van der Waals surface area contributed by atoms with Crippen molar-refractivity contribution in [3.05, 3.63) is 18.2 Å². The summed E-state index contributed by atoms with van der Waals surface area (Å²) in [6.45, 7) is 1.99. The highest BCUT2D eigenvalue weighted by Gasteiger charge is 2.13. The largest absolute Gasteiger partial charge is 0.360 e. The third-order valence-corrected chi connectivity index (χ3v) is 3.08. The molecule has 0 radical (unpaired) electrons. The maximum absolute atomic E-state index is 5.39. The van der Waals surface area contributed by atoms with Gasteiger partial charge < -0.3 is 15.3 Å². The molecule has 0 aliphatic carbocycles. The Kier molecular flexibility index (Phi) is 4.17. The Morgan fingerprint density at radius 3 is 2.68 bits per heavy atom. The molecule has 0 fully saturated rings. The molecule has 2 aromatic rings. The second kappa shape index (κ2) is 5.85. The molecule has 0 aromatic carbocycles. The van der Waals surface area contributed by atoms with Gasteiger partial charge in [-0.1, -0.05) is 11.8 Å². The van der Waals surface area contributed by atoms with Gasteiger partial charge in [0.1, 0.15) is 18.0 Å².